The first kappa shape index (κ1) is 16.6. The van der Waals surface area contributed by atoms with E-state index in [1.807, 2.05) is 0 Å². The van der Waals surface area contributed by atoms with Crippen LogP contribution in [-0.2, 0) is 9.53 Å². The van der Waals surface area contributed by atoms with Crippen molar-refractivity contribution < 1.29 is 9.53 Å². The molecule has 0 radical (unpaired) electrons. The third kappa shape index (κ3) is 10.5. The highest BCUT2D eigenvalue weighted by molar-refractivity contribution is 5.80. The van der Waals surface area contributed by atoms with E-state index in [2.05, 4.69) is 13.8 Å². The molecule has 0 rings (SSSR count). The van der Waals surface area contributed by atoms with Gasteiger partial charge in [0.2, 0.25) is 0 Å². The van der Waals surface area contributed by atoms with E-state index >= 15 is 0 Å². The third-order valence-corrected chi connectivity index (χ3v) is 3.09. The molecule has 0 saturated carbocycles. The van der Waals surface area contributed by atoms with E-state index in [-0.39, 0.29) is 11.9 Å². The summed E-state index contributed by atoms with van der Waals surface area (Å²) in [7, 11) is 0. The summed E-state index contributed by atoms with van der Waals surface area (Å²) in [6, 6.07) is 0. The molecular weight excluding hydrogens is 212 g/mol. The molecule has 0 aliphatic heterocycles. The van der Waals surface area contributed by atoms with Gasteiger partial charge in [0.25, 0.3) is 0 Å². The molecule has 0 saturated heterocycles. The van der Waals surface area contributed by atoms with Crippen LogP contribution in [0.1, 0.15) is 78.6 Å². The summed E-state index contributed by atoms with van der Waals surface area (Å²) >= 11 is 0. The van der Waals surface area contributed by atoms with Crippen LogP contribution in [0.2, 0.25) is 0 Å². The fourth-order valence-electron chi connectivity index (χ4n) is 1.90. The number of Topliss-reactive ketones (excluding diaryl/α,β-unsaturated/α-hetero) is 1. The van der Waals surface area contributed by atoms with Gasteiger partial charge in [0, 0.05) is 6.61 Å². The summed E-state index contributed by atoms with van der Waals surface area (Å²) in [4.78, 5) is 11.3. The van der Waals surface area contributed by atoms with E-state index in [1.54, 1.807) is 6.92 Å². The fourth-order valence-corrected chi connectivity index (χ4v) is 1.90. The van der Waals surface area contributed by atoms with Crippen LogP contribution >= 0.6 is 0 Å². The molecule has 0 aromatic heterocycles. The van der Waals surface area contributed by atoms with Crippen molar-refractivity contribution in [1.29, 1.82) is 0 Å². The molecular formula is C15H30O2. The summed E-state index contributed by atoms with van der Waals surface area (Å²) in [5.41, 5.74) is 0. The largest absolute Gasteiger partial charge is 0.370 e. The SMILES string of the molecule is CCCCCCCCOC(CCCC)C(C)=O. The highest BCUT2D eigenvalue weighted by Crippen LogP contribution is 2.09. The summed E-state index contributed by atoms with van der Waals surface area (Å²) in [5, 5.41) is 0. The minimum atomic E-state index is -0.148. The molecule has 0 N–H and O–H groups in total. The predicted molar refractivity (Wildman–Crippen MR) is 73.3 cm³/mol. The molecule has 0 aliphatic rings. The van der Waals surface area contributed by atoms with Crippen molar-refractivity contribution in [2.24, 2.45) is 0 Å². The van der Waals surface area contributed by atoms with Crippen molar-refractivity contribution in [2.75, 3.05) is 6.61 Å². The summed E-state index contributed by atoms with van der Waals surface area (Å²) in [5.74, 6) is 0.185. The molecule has 17 heavy (non-hydrogen) atoms. The van der Waals surface area contributed by atoms with Crippen LogP contribution in [-0.4, -0.2) is 18.5 Å². The highest BCUT2D eigenvalue weighted by Gasteiger charge is 2.13. The zero-order chi connectivity index (χ0) is 12.9. The Balaban J connectivity index is 3.44. The Morgan fingerprint density at radius 3 is 2.12 bits per heavy atom. The van der Waals surface area contributed by atoms with Gasteiger partial charge in [-0.05, 0) is 19.8 Å². The Labute approximate surface area is 107 Å². The summed E-state index contributed by atoms with van der Waals surface area (Å²) < 4.78 is 5.66. The Morgan fingerprint density at radius 2 is 1.53 bits per heavy atom. The maximum Gasteiger partial charge on any atom is 0.158 e. The molecule has 2 nitrogen and oxygen atoms in total. The third-order valence-electron chi connectivity index (χ3n) is 3.09. The van der Waals surface area contributed by atoms with E-state index in [0.717, 1.165) is 32.3 Å². The molecule has 0 aromatic carbocycles. The molecule has 0 aromatic rings. The van der Waals surface area contributed by atoms with Crippen LogP contribution in [0.25, 0.3) is 0 Å². The first-order chi connectivity index (χ1) is 8.22. The van der Waals surface area contributed by atoms with Gasteiger partial charge in [-0.15, -0.1) is 0 Å². The van der Waals surface area contributed by atoms with Crippen molar-refractivity contribution in [2.45, 2.75) is 84.7 Å². The van der Waals surface area contributed by atoms with Crippen molar-refractivity contribution in [3.63, 3.8) is 0 Å². The monoisotopic (exact) mass is 242 g/mol. The average molecular weight is 242 g/mol. The van der Waals surface area contributed by atoms with Gasteiger partial charge in [0.05, 0.1) is 0 Å². The molecule has 0 heterocycles. The summed E-state index contributed by atoms with van der Waals surface area (Å²) in [6.07, 6.45) is 10.6. The van der Waals surface area contributed by atoms with Crippen LogP contribution in [0.4, 0.5) is 0 Å². The molecule has 0 aliphatic carbocycles. The molecule has 0 bridgehead atoms. The maximum atomic E-state index is 11.3. The standard InChI is InChI=1S/C15H30O2/c1-4-6-8-9-10-11-13-17-15(14(3)16)12-7-5-2/h15H,4-13H2,1-3H3. The van der Waals surface area contributed by atoms with Crippen molar-refractivity contribution in [3.8, 4) is 0 Å². The lowest BCUT2D eigenvalue weighted by Crippen LogP contribution is -2.22. The van der Waals surface area contributed by atoms with Gasteiger partial charge in [-0.25, -0.2) is 0 Å². The number of ether oxygens (including phenoxy) is 1. The van der Waals surface area contributed by atoms with E-state index in [9.17, 15) is 4.79 Å². The van der Waals surface area contributed by atoms with Gasteiger partial charge in [-0.3, -0.25) is 4.79 Å². The quantitative estimate of drug-likeness (QED) is 0.471. The number of carbonyl (C=O) groups excluding carboxylic acids is 1. The summed E-state index contributed by atoms with van der Waals surface area (Å²) in [6.45, 7) is 6.76. The second-order valence-electron chi connectivity index (χ2n) is 4.88. The van der Waals surface area contributed by atoms with E-state index in [1.165, 1.54) is 32.1 Å². The van der Waals surface area contributed by atoms with Gasteiger partial charge in [-0.1, -0.05) is 58.8 Å². The van der Waals surface area contributed by atoms with Crippen LogP contribution < -0.4 is 0 Å². The van der Waals surface area contributed by atoms with Gasteiger partial charge >= 0.3 is 0 Å². The van der Waals surface area contributed by atoms with Crippen LogP contribution in [0.3, 0.4) is 0 Å². The predicted octanol–water partition coefficient (Wildman–Crippen LogP) is 4.51. The maximum absolute atomic E-state index is 11.3. The topological polar surface area (TPSA) is 26.3 Å². The first-order valence-corrected chi connectivity index (χ1v) is 7.34. The smallest absolute Gasteiger partial charge is 0.158 e. The second kappa shape index (κ2) is 12.1. The second-order valence-corrected chi connectivity index (χ2v) is 4.88. The lowest BCUT2D eigenvalue weighted by Gasteiger charge is -2.14. The normalized spacial score (nSPS) is 12.6. The Kier molecular flexibility index (Phi) is 11.8. The van der Waals surface area contributed by atoms with Crippen LogP contribution in [0, 0.1) is 0 Å². The fraction of sp³-hybridized carbons (Fsp3) is 0.933. The van der Waals surface area contributed by atoms with Gasteiger partial charge in [0.15, 0.2) is 5.78 Å². The Bertz CT molecular complexity index is 178. The van der Waals surface area contributed by atoms with Gasteiger partial charge < -0.3 is 4.74 Å². The molecule has 2 heteroatoms. The minimum absolute atomic E-state index is 0.148. The molecule has 0 spiro atoms. The average Bonchev–Trinajstić information content (AvgIpc) is 2.31. The lowest BCUT2D eigenvalue weighted by molar-refractivity contribution is -0.128. The number of carbonyl (C=O) groups is 1. The van der Waals surface area contributed by atoms with Crippen molar-refractivity contribution in [1.82, 2.24) is 0 Å². The van der Waals surface area contributed by atoms with Crippen LogP contribution in [0.5, 0.6) is 0 Å². The molecule has 102 valence electrons. The number of hydrogen-bond acceptors (Lipinski definition) is 2. The van der Waals surface area contributed by atoms with Gasteiger partial charge in [0.1, 0.15) is 6.10 Å². The number of hydrogen-bond donors (Lipinski definition) is 0. The highest BCUT2D eigenvalue weighted by atomic mass is 16.5. The Morgan fingerprint density at radius 1 is 0.941 bits per heavy atom. The number of unbranched alkanes of at least 4 members (excludes halogenated alkanes) is 6. The molecule has 1 atom stereocenters. The zero-order valence-electron chi connectivity index (χ0n) is 12.0. The zero-order valence-corrected chi connectivity index (χ0v) is 12.0. The molecule has 1 unspecified atom stereocenters. The van der Waals surface area contributed by atoms with Gasteiger partial charge in [-0.2, -0.15) is 0 Å². The lowest BCUT2D eigenvalue weighted by atomic mass is 10.1. The Hall–Kier alpha value is -0.370. The first-order valence-electron chi connectivity index (χ1n) is 7.34. The minimum Gasteiger partial charge on any atom is -0.370 e. The van der Waals surface area contributed by atoms with E-state index < -0.39 is 0 Å². The van der Waals surface area contributed by atoms with Crippen LogP contribution in [0.15, 0.2) is 0 Å². The molecule has 0 amide bonds. The van der Waals surface area contributed by atoms with E-state index in [0.29, 0.717) is 0 Å². The van der Waals surface area contributed by atoms with Crippen molar-refractivity contribution >= 4 is 5.78 Å². The van der Waals surface area contributed by atoms with Crippen molar-refractivity contribution in [3.05, 3.63) is 0 Å². The number of ketones is 1. The van der Waals surface area contributed by atoms with E-state index in [4.69, 9.17) is 4.74 Å². The molecule has 0 fully saturated rings. The number of rotatable bonds is 12.